The number of urea groups is 1. The fourth-order valence-electron chi connectivity index (χ4n) is 4.02. The van der Waals surface area contributed by atoms with Crippen molar-refractivity contribution >= 4 is 47.2 Å². The molecule has 1 aliphatic carbocycles. The maximum Gasteiger partial charge on any atom is 0.326 e. The van der Waals surface area contributed by atoms with Gasteiger partial charge in [-0.15, -0.1) is 0 Å². The van der Waals surface area contributed by atoms with E-state index in [1.165, 1.54) is 18.2 Å². The number of benzene rings is 2. The highest BCUT2D eigenvalue weighted by molar-refractivity contribution is 6.30. The molecule has 3 heterocycles. The van der Waals surface area contributed by atoms with E-state index in [1.54, 1.807) is 28.9 Å². The Bertz CT molecular complexity index is 1600. The van der Waals surface area contributed by atoms with Gasteiger partial charge >= 0.3 is 6.03 Å². The fourth-order valence-corrected chi connectivity index (χ4v) is 4.21. The zero-order valence-corrected chi connectivity index (χ0v) is 20.0. The number of nitrogens with zero attached hydrogens (tertiary/aromatic N) is 4. The van der Waals surface area contributed by atoms with Crippen molar-refractivity contribution < 1.29 is 14.0 Å². The molecule has 10 nitrogen and oxygen atoms in total. The Labute approximate surface area is 215 Å². The Morgan fingerprint density at radius 1 is 1.14 bits per heavy atom. The van der Waals surface area contributed by atoms with Gasteiger partial charge in [0.05, 0.1) is 6.20 Å². The topological polar surface area (TPSA) is 125 Å². The second-order valence-electron chi connectivity index (χ2n) is 8.76. The number of aromatic nitrogens is 4. The van der Waals surface area contributed by atoms with Gasteiger partial charge in [-0.2, -0.15) is 19.6 Å². The van der Waals surface area contributed by atoms with E-state index in [-0.39, 0.29) is 11.5 Å². The van der Waals surface area contributed by atoms with Crippen LogP contribution in [-0.4, -0.2) is 37.6 Å². The first-order chi connectivity index (χ1) is 17.9. The lowest BCUT2D eigenvalue weighted by Crippen LogP contribution is -2.22. The van der Waals surface area contributed by atoms with Gasteiger partial charge in [0.2, 0.25) is 11.9 Å². The van der Waals surface area contributed by atoms with Crippen LogP contribution in [0.1, 0.15) is 24.0 Å². The molecule has 186 valence electrons. The van der Waals surface area contributed by atoms with E-state index in [2.05, 4.69) is 36.3 Å². The number of amides is 3. The van der Waals surface area contributed by atoms with Crippen molar-refractivity contribution in [3.63, 3.8) is 0 Å². The van der Waals surface area contributed by atoms with Gasteiger partial charge < -0.3 is 16.0 Å². The predicted octanol–water partition coefficient (Wildman–Crippen LogP) is 3.95. The van der Waals surface area contributed by atoms with Gasteiger partial charge in [-0.1, -0.05) is 29.8 Å². The van der Waals surface area contributed by atoms with Crippen LogP contribution in [0.4, 0.5) is 21.1 Å². The maximum absolute atomic E-state index is 14.1. The summed E-state index contributed by atoms with van der Waals surface area (Å²) in [6.07, 6.45) is 5.11. The molecule has 0 atom stereocenters. The third-order valence-electron chi connectivity index (χ3n) is 5.97. The number of nitrogens with one attached hydrogen (secondary N) is 4. The highest BCUT2D eigenvalue weighted by atomic mass is 35.5. The van der Waals surface area contributed by atoms with Gasteiger partial charge in [0.25, 0.3) is 5.91 Å². The number of halogens is 2. The predicted molar refractivity (Wildman–Crippen MR) is 136 cm³/mol. The Morgan fingerprint density at radius 2 is 2.00 bits per heavy atom. The summed E-state index contributed by atoms with van der Waals surface area (Å²) in [4.78, 5) is 32.7. The Kier molecular flexibility index (Phi) is 5.68. The number of hydrogen-bond donors (Lipinski definition) is 4. The number of fused-ring (bicyclic) bond motifs is 1. The molecule has 2 aliphatic rings. The number of carbonyl (C=O) groups excluding carboxylic acids is 2. The Hall–Kier alpha value is -4.51. The van der Waals surface area contributed by atoms with Crippen molar-refractivity contribution in [1.82, 2.24) is 30.2 Å². The van der Waals surface area contributed by atoms with Gasteiger partial charge in [-0.05, 0) is 59.9 Å². The van der Waals surface area contributed by atoms with Crippen LogP contribution in [-0.2, 0) is 11.3 Å². The molecule has 2 fully saturated rings. The molecule has 0 unspecified atom stereocenters. The largest absolute Gasteiger partial charge is 0.351 e. The van der Waals surface area contributed by atoms with Gasteiger partial charge in [-0.3, -0.25) is 10.1 Å². The monoisotopic (exact) mass is 518 g/mol. The van der Waals surface area contributed by atoms with Crippen LogP contribution >= 0.6 is 11.6 Å². The van der Waals surface area contributed by atoms with Gasteiger partial charge in [0.15, 0.2) is 5.65 Å². The molecule has 0 bridgehead atoms. The van der Waals surface area contributed by atoms with Gasteiger partial charge in [0.1, 0.15) is 11.5 Å². The van der Waals surface area contributed by atoms with Crippen LogP contribution in [0.5, 0.6) is 0 Å². The van der Waals surface area contributed by atoms with E-state index in [0.29, 0.717) is 46.3 Å². The number of imide groups is 1. The number of anilines is 2. The molecular formula is C25H20ClFN8O2. The third-order valence-corrected chi connectivity index (χ3v) is 6.21. The SMILES string of the molecule is O=C1NC(=O)/C(=C\c2cnn3c(NC4CC4)nc(NCc4ccc(F)cc4-c4cccc(Cl)c4)nc23)N1. The molecule has 6 rings (SSSR count). The van der Waals surface area contributed by atoms with E-state index in [9.17, 15) is 14.0 Å². The molecule has 3 amide bonds. The second-order valence-corrected chi connectivity index (χ2v) is 9.19. The van der Waals surface area contributed by atoms with E-state index in [4.69, 9.17) is 11.6 Å². The number of rotatable bonds is 7. The standard InChI is InChI=1S/C25H20ClFN8O2/c26-16-3-1-2-13(8-16)19-10-17(27)5-4-14(19)11-28-23-32-21-15(9-20-22(36)33-25(37)31-20)12-29-35(21)24(34-23)30-18-6-7-18/h1-5,8-10,12,18H,6-7,11H2,(H2,28,30,32,34)(H2,31,33,36,37)/b20-9+. The molecule has 4 aromatic rings. The van der Waals surface area contributed by atoms with Crippen molar-refractivity contribution in [3.05, 3.63) is 76.3 Å². The summed E-state index contributed by atoms with van der Waals surface area (Å²) in [5.74, 6) is -0.0731. The molecule has 1 saturated heterocycles. The second kappa shape index (κ2) is 9.17. The summed E-state index contributed by atoms with van der Waals surface area (Å²) >= 11 is 6.16. The molecule has 1 aliphatic heterocycles. The van der Waals surface area contributed by atoms with Gasteiger partial charge in [0, 0.05) is 23.2 Å². The summed E-state index contributed by atoms with van der Waals surface area (Å²) in [7, 11) is 0. The quantitative estimate of drug-likeness (QED) is 0.215. The summed E-state index contributed by atoms with van der Waals surface area (Å²) in [5.41, 5.74) is 3.38. The lowest BCUT2D eigenvalue weighted by molar-refractivity contribution is -0.115. The zero-order chi connectivity index (χ0) is 25.5. The van der Waals surface area contributed by atoms with E-state index >= 15 is 0 Å². The van der Waals surface area contributed by atoms with Crippen LogP contribution in [0, 0.1) is 5.82 Å². The van der Waals surface area contributed by atoms with Crippen molar-refractivity contribution in [1.29, 1.82) is 0 Å². The van der Waals surface area contributed by atoms with Crippen molar-refractivity contribution in [2.75, 3.05) is 10.6 Å². The highest BCUT2D eigenvalue weighted by Gasteiger charge is 2.26. The summed E-state index contributed by atoms with van der Waals surface area (Å²) < 4.78 is 15.7. The average Bonchev–Trinajstić information content (AvgIpc) is 3.51. The molecule has 0 radical (unpaired) electrons. The first kappa shape index (κ1) is 22.9. The van der Waals surface area contributed by atoms with Crippen LogP contribution in [0.25, 0.3) is 22.9 Å². The first-order valence-electron chi connectivity index (χ1n) is 11.6. The molecule has 4 N–H and O–H groups in total. The molecule has 37 heavy (non-hydrogen) atoms. The summed E-state index contributed by atoms with van der Waals surface area (Å²) in [6, 6.07) is 11.5. The fraction of sp³-hybridized carbons (Fsp3) is 0.160. The first-order valence-corrected chi connectivity index (χ1v) is 12.0. The molecular weight excluding hydrogens is 499 g/mol. The molecule has 12 heteroatoms. The molecule has 0 spiro atoms. The minimum absolute atomic E-state index is 0.0993. The van der Waals surface area contributed by atoms with E-state index in [1.807, 2.05) is 12.1 Å². The van der Waals surface area contributed by atoms with Crippen molar-refractivity contribution in [2.45, 2.75) is 25.4 Å². The minimum atomic E-state index is -0.587. The highest BCUT2D eigenvalue weighted by Crippen LogP contribution is 2.29. The third kappa shape index (κ3) is 4.81. The van der Waals surface area contributed by atoms with E-state index in [0.717, 1.165) is 24.0 Å². The Morgan fingerprint density at radius 3 is 2.76 bits per heavy atom. The molecule has 2 aromatic carbocycles. The average molecular weight is 519 g/mol. The Balaban J connectivity index is 1.35. The molecule has 2 aromatic heterocycles. The minimum Gasteiger partial charge on any atom is -0.351 e. The molecule has 1 saturated carbocycles. The van der Waals surface area contributed by atoms with Crippen LogP contribution in [0.2, 0.25) is 5.02 Å². The number of carbonyl (C=O) groups is 2. The maximum atomic E-state index is 14.1. The van der Waals surface area contributed by atoms with Crippen LogP contribution < -0.4 is 21.3 Å². The zero-order valence-electron chi connectivity index (χ0n) is 19.3. The number of hydrogen-bond acceptors (Lipinski definition) is 7. The van der Waals surface area contributed by atoms with Crippen molar-refractivity contribution in [2.24, 2.45) is 0 Å². The van der Waals surface area contributed by atoms with Crippen LogP contribution in [0.15, 0.2) is 54.4 Å². The van der Waals surface area contributed by atoms with Crippen molar-refractivity contribution in [3.8, 4) is 11.1 Å². The van der Waals surface area contributed by atoms with Gasteiger partial charge in [-0.25, -0.2) is 9.18 Å². The smallest absolute Gasteiger partial charge is 0.326 e. The van der Waals surface area contributed by atoms with E-state index < -0.39 is 11.9 Å². The lowest BCUT2D eigenvalue weighted by Gasteiger charge is -2.13. The summed E-state index contributed by atoms with van der Waals surface area (Å²) in [6.45, 7) is 0.310. The lowest BCUT2D eigenvalue weighted by atomic mass is 9.99. The van der Waals surface area contributed by atoms with Crippen LogP contribution in [0.3, 0.4) is 0 Å². The normalized spacial score (nSPS) is 16.2. The summed E-state index contributed by atoms with van der Waals surface area (Å²) in [5, 5.41) is 16.1.